The van der Waals surface area contributed by atoms with E-state index in [1.807, 2.05) is 0 Å². The Morgan fingerprint density at radius 2 is 2.30 bits per heavy atom. The maximum atomic E-state index is 3.33. The first-order chi connectivity index (χ1) is 4.34. The van der Waals surface area contributed by atoms with E-state index in [0.29, 0.717) is 0 Å². The van der Waals surface area contributed by atoms with Gasteiger partial charge in [0.2, 0.25) is 0 Å². The molecule has 0 aromatic rings. The van der Waals surface area contributed by atoms with Crippen molar-refractivity contribution in [1.82, 2.24) is 0 Å². The fourth-order valence-electron chi connectivity index (χ4n) is 1.13. The molecule has 0 saturated carbocycles. The fourth-order valence-corrected chi connectivity index (χ4v) is 1.13. The van der Waals surface area contributed by atoms with Crippen molar-refractivity contribution in [3.8, 4) is 0 Å². The molecule has 0 aromatic heterocycles. The summed E-state index contributed by atoms with van der Waals surface area (Å²) in [6, 6.07) is 0. The Morgan fingerprint density at radius 3 is 2.70 bits per heavy atom. The minimum atomic E-state index is 0. The molecule has 1 aliphatic rings. The number of allylic oxidation sites excluding steroid dienone is 4. The molecule has 1 heteroatoms. The van der Waals surface area contributed by atoms with Gasteiger partial charge >= 0.3 is 0 Å². The minimum Gasteiger partial charge on any atom is -0.269 e. The minimum absolute atomic E-state index is 0. The van der Waals surface area contributed by atoms with Gasteiger partial charge in [-0.3, -0.25) is 6.08 Å². The average Bonchev–Trinajstić information content (AvgIpc) is 2.18. The van der Waals surface area contributed by atoms with Crippen LogP contribution in [0.5, 0.6) is 0 Å². The molecule has 0 heterocycles. The Bertz CT molecular complexity index is 154. The molecule has 1 rings (SSSR count). The van der Waals surface area contributed by atoms with E-state index in [9.17, 15) is 0 Å². The summed E-state index contributed by atoms with van der Waals surface area (Å²) in [7, 11) is 0. The summed E-state index contributed by atoms with van der Waals surface area (Å²) >= 11 is 0. The van der Waals surface area contributed by atoms with E-state index in [2.05, 4.69) is 26.0 Å². The summed E-state index contributed by atoms with van der Waals surface area (Å²) in [5.74, 6) is 0. The second-order valence-corrected chi connectivity index (χ2v) is 2.50. The van der Waals surface area contributed by atoms with E-state index < -0.39 is 0 Å². The van der Waals surface area contributed by atoms with E-state index in [-0.39, 0.29) is 26.2 Å². The Balaban J connectivity index is 0.000000810. The molecule has 54 valence electrons. The van der Waals surface area contributed by atoms with Crippen molar-refractivity contribution in [1.29, 1.82) is 0 Å². The van der Waals surface area contributed by atoms with Gasteiger partial charge < -0.3 is 0 Å². The average molecular weight is 212 g/mol. The molecule has 0 radical (unpaired) electrons. The topological polar surface area (TPSA) is 0 Å². The van der Waals surface area contributed by atoms with E-state index in [4.69, 9.17) is 0 Å². The van der Waals surface area contributed by atoms with Crippen LogP contribution in [0.15, 0.2) is 17.2 Å². The van der Waals surface area contributed by atoms with Crippen molar-refractivity contribution in [2.45, 2.75) is 33.1 Å². The largest absolute Gasteiger partial charge is 0.269 e. The second-order valence-electron chi connectivity index (χ2n) is 2.50. The molecule has 0 spiro atoms. The third kappa shape index (κ3) is 2.54. The molecule has 0 aromatic carbocycles. The van der Waals surface area contributed by atoms with Crippen molar-refractivity contribution >= 4 is 0 Å². The molecular weight excluding hydrogens is 199 g/mol. The maximum Gasteiger partial charge on any atom is 0 e. The van der Waals surface area contributed by atoms with Crippen LogP contribution in [0.25, 0.3) is 0 Å². The van der Waals surface area contributed by atoms with Crippen LogP contribution >= 0.6 is 0 Å². The molecule has 0 N–H and O–H groups in total. The summed E-state index contributed by atoms with van der Waals surface area (Å²) in [5, 5.41) is 0. The molecule has 1 aliphatic carbocycles. The molecule has 0 aliphatic heterocycles. The van der Waals surface area contributed by atoms with Crippen LogP contribution in [0.1, 0.15) is 33.1 Å². The van der Waals surface area contributed by atoms with Crippen LogP contribution in [0.3, 0.4) is 0 Å². The summed E-state index contributed by atoms with van der Waals surface area (Å²) in [5.41, 5.74) is 2.88. The van der Waals surface area contributed by atoms with E-state index in [1.54, 1.807) is 0 Å². The molecule has 0 unspecified atom stereocenters. The van der Waals surface area contributed by atoms with Gasteiger partial charge in [-0.15, -0.1) is 13.3 Å². The van der Waals surface area contributed by atoms with Gasteiger partial charge in [0.25, 0.3) is 0 Å². The molecule has 0 amide bonds. The van der Waals surface area contributed by atoms with E-state index in [1.165, 1.54) is 24.0 Å². The summed E-state index contributed by atoms with van der Waals surface area (Å²) in [4.78, 5) is 0. The Hall–Kier alpha value is 0.363. The van der Waals surface area contributed by atoms with Crippen molar-refractivity contribution in [2.75, 3.05) is 0 Å². The molecule has 0 fully saturated rings. The third-order valence-corrected chi connectivity index (χ3v) is 1.70. The molecule has 0 nitrogen and oxygen atoms in total. The van der Waals surface area contributed by atoms with Crippen LogP contribution in [0.2, 0.25) is 0 Å². The second kappa shape index (κ2) is 5.07. The Labute approximate surface area is 82.5 Å². The summed E-state index contributed by atoms with van der Waals surface area (Å²) in [6.45, 7) is 4.38. The zero-order valence-electron chi connectivity index (χ0n) is 6.70. The Kier molecular flexibility index (Phi) is 5.26. The molecule has 10 heavy (non-hydrogen) atoms. The summed E-state index contributed by atoms with van der Waals surface area (Å²) in [6.07, 6.45) is 9.07. The monoisotopic (exact) mass is 211 g/mol. The van der Waals surface area contributed by atoms with Crippen molar-refractivity contribution in [2.24, 2.45) is 0 Å². The molecule has 0 saturated heterocycles. The molecular formula is C9H13Zr-. The smallest absolute Gasteiger partial charge is 0 e. The normalized spacial score (nSPS) is 15.8. The molecule has 0 atom stereocenters. The zero-order valence-corrected chi connectivity index (χ0v) is 9.16. The van der Waals surface area contributed by atoms with Crippen molar-refractivity contribution in [3.63, 3.8) is 0 Å². The van der Waals surface area contributed by atoms with Gasteiger partial charge in [-0.05, 0) is 0 Å². The zero-order chi connectivity index (χ0) is 6.69. The summed E-state index contributed by atoms with van der Waals surface area (Å²) < 4.78 is 0. The molecule has 0 bridgehead atoms. The van der Waals surface area contributed by atoms with Gasteiger partial charge in [-0.25, -0.2) is 11.1 Å². The van der Waals surface area contributed by atoms with Crippen LogP contribution < -0.4 is 0 Å². The standard InChI is InChI=1S/C9H13.Zr/c1-3-5-9-7-4-6-8(9)2;/h6H,3-5H2,1-2H3;/q-1;. The van der Waals surface area contributed by atoms with Gasteiger partial charge in [-0.1, -0.05) is 19.8 Å². The first-order valence-corrected chi connectivity index (χ1v) is 3.61. The maximum absolute atomic E-state index is 3.33. The van der Waals surface area contributed by atoms with Crippen LogP contribution in [-0.4, -0.2) is 0 Å². The van der Waals surface area contributed by atoms with E-state index >= 15 is 0 Å². The van der Waals surface area contributed by atoms with Gasteiger partial charge in [0.1, 0.15) is 0 Å². The number of hydrogen-bond donors (Lipinski definition) is 0. The van der Waals surface area contributed by atoms with Gasteiger partial charge in [0.05, 0.1) is 0 Å². The number of rotatable bonds is 2. The van der Waals surface area contributed by atoms with Crippen molar-refractivity contribution in [3.05, 3.63) is 23.3 Å². The van der Waals surface area contributed by atoms with Gasteiger partial charge in [0.15, 0.2) is 0 Å². The third-order valence-electron chi connectivity index (χ3n) is 1.70. The first-order valence-electron chi connectivity index (χ1n) is 3.61. The number of hydrogen-bond acceptors (Lipinski definition) is 0. The van der Waals surface area contributed by atoms with Gasteiger partial charge in [0, 0.05) is 26.2 Å². The van der Waals surface area contributed by atoms with Crippen LogP contribution in [-0.2, 0) is 26.2 Å². The SMILES string of the molecule is CCCC1=[C-]CC=C1C.[Zr]. The first kappa shape index (κ1) is 10.4. The van der Waals surface area contributed by atoms with Crippen LogP contribution in [0.4, 0.5) is 0 Å². The predicted octanol–water partition coefficient (Wildman–Crippen LogP) is 2.86. The quantitative estimate of drug-likeness (QED) is 0.618. The van der Waals surface area contributed by atoms with E-state index in [0.717, 1.165) is 6.42 Å². The Morgan fingerprint density at radius 1 is 1.60 bits per heavy atom. The van der Waals surface area contributed by atoms with Crippen LogP contribution in [0, 0.1) is 6.08 Å². The van der Waals surface area contributed by atoms with Gasteiger partial charge in [-0.2, -0.15) is 6.08 Å². The van der Waals surface area contributed by atoms with Crippen molar-refractivity contribution < 1.29 is 26.2 Å². The predicted molar refractivity (Wildman–Crippen MR) is 40.0 cm³/mol. The fraction of sp³-hybridized carbons (Fsp3) is 0.556.